The van der Waals surface area contributed by atoms with E-state index in [4.69, 9.17) is 5.73 Å². The van der Waals surface area contributed by atoms with Crippen molar-refractivity contribution in [1.82, 2.24) is 0 Å². The van der Waals surface area contributed by atoms with Gasteiger partial charge in [0.25, 0.3) is 5.82 Å². The number of carbonyl (C=O) groups excluding carboxylic acids is 1. The lowest BCUT2D eigenvalue weighted by Crippen LogP contribution is -2.24. The molecule has 4 heteroatoms. The molecule has 0 fully saturated rings. The van der Waals surface area contributed by atoms with Gasteiger partial charge in [-0.05, 0) is 31.0 Å². The van der Waals surface area contributed by atoms with Crippen LogP contribution >= 0.6 is 0 Å². The van der Waals surface area contributed by atoms with Gasteiger partial charge in [-0.15, -0.1) is 0 Å². The molecule has 0 aliphatic carbocycles. The van der Waals surface area contributed by atoms with E-state index in [0.29, 0.717) is 5.82 Å². The molecule has 2 aromatic rings. The maximum atomic E-state index is 10.2. The van der Waals surface area contributed by atoms with Crippen LogP contribution in [-0.2, 0) is 11.2 Å². The summed E-state index contributed by atoms with van der Waals surface area (Å²) in [6, 6.07) is 11.3. The molecule has 100 valence electrons. The van der Waals surface area contributed by atoms with Crippen molar-refractivity contribution in [2.45, 2.75) is 20.3 Å². The number of nitrogens with one attached hydrogen (secondary N) is 1. The molecule has 0 spiro atoms. The Balaban J connectivity index is 0.000000200. The second-order valence-corrected chi connectivity index (χ2v) is 4.36. The molecule has 19 heavy (non-hydrogen) atoms. The average Bonchev–Trinajstić information content (AvgIpc) is 2.28. The molecule has 0 unspecified atom stereocenters. The average molecular weight is 258 g/mol. The van der Waals surface area contributed by atoms with Crippen LogP contribution in [-0.4, -0.2) is 5.97 Å². The molecule has 4 nitrogen and oxygen atoms in total. The summed E-state index contributed by atoms with van der Waals surface area (Å²) in [6.45, 7) is 3.93. The molecule has 2 rings (SSSR count). The van der Waals surface area contributed by atoms with Crippen LogP contribution in [0.4, 0.5) is 5.82 Å². The van der Waals surface area contributed by atoms with Gasteiger partial charge in [-0.25, -0.2) is 4.98 Å². The number of carboxylic acid groups (broad SMARTS) is 1. The van der Waals surface area contributed by atoms with Gasteiger partial charge in [0.2, 0.25) is 0 Å². The number of carbonyl (C=O) groups is 1. The zero-order chi connectivity index (χ0) is 14.3. The molecule has 0 aliphatic heterocycles. The number of aromatic nitrogens is 1. The predicted molar refractivity (Wildman–Crippen MR) is 72.0 cm³/mol. The van der Waals surface area contributed by atoms with Crippen LogP contribution in [0.5, 0.6) is 0 Å². The quantitative estimate of drug-likeness (QED) is 0.860. The van der Waals surface area contributed by atoms with Gasteiger partial charge >= 0.3 is 0 Å². The number of nitrogens with two attached hydrogens (primary N) is 1. The van der Waals surface area contributed by atoms with Gasteiger partial charge < -0.3 is 9.90 Å². The molecular weight excluding hydrogens is 240 g/mol. The maximum Gasteiger partial charge on any atom is 0.270 e. The summed E-state index contributed by atoms with van der Waals surface area (Å²) in [5.41, 5.74) is 8.45. The summed E-state index contributed by atoms with van der Waals surface area (Å²) in [4.78, 5) is 13.0. The number of pyridine rings is 1. The molecule has 1 heterocycles. The number of hydrogen-bond donors (Lipinski definition) is 1. The van der Waals surface area contributed by atoms with Crippen molar-refractivity contribution in [3.05, 3.63) is 59.3 Å². The SMILES string of the molecule is Cc1cc[nH+]c(N)c1.Cc1cccc(CC(=O)[O-])c1. The molecule has 0 saturated carbocycles. The summed E-state index contributed by atoms with van der Waals surface area (Å²) in [6.07, 6.45) is 1.83. The zero-order valence-corrected chi connectivity index (χ0v) is 11.1. The van der Waals surface area contributed by atoms with Gasteiger partial charge in [0.15, 0.2) is 0 Å². The van der Waals surface area contributed by atoms with E-state index >= 15 is 0 Å². The van der Waals surface area contributed by atoms with E-state index in [0.717, 1.165) is 11.1 Å². The Morgan fingerprint density at radius 2 is 1.89 bits per heavy atom. The molecule has 0 radical (unpaired) electrons. The van der Waals surface area contributed by atoms with Crippen molar-refractivity contribution in [2.24, 2.45) is 0 Å². The van der Waals surface area contributed by atoms with Gasteiger partial charge in [0.1, 0.15) is 0 Å². The minimum absolute atomic E-state index is 0.00167. The van der Waals surface area contributed by atoms with Crippen molar-refractivity contribution in [3.8, 4) is 0 Å². The van der Waals surface area contributed by atoms with Crippen LogP contribution in [0.15, 0.2) is 42.6 Å². The lowest BCUT2D eigenvalue weighted by molar-refractivity contribution is -0.360. The number of aliphatic carboxylic acids is 1. The summed E-state index contributed by atoms with van der Waals surface area (Å²) < 4.78 is 0. The first kappa shape index (κ1) is 14.7. The Kier molecular flexibility index (Phi) is 5.54. The van der Waals surface area contributed by atoms with Crippen LogP contribution in [0, 0.1) is 13.8 Å². The van der Waals surface area contributed by atoms with Gasteiger partial charge in [0.05, 0.1) is 6.20 Å². The fourth-order valence-corrected chi connectivity index (χ4v) is 1.59. The van der Waals surface area contributed by atoms with Crippen molar-refractivity contribution >= 4 is 11.8 Å². The molecule has 0 bridgehead atoms. The van der Waals surface area contributed by atoms with E-state index < -0.39 is 5.97 Å². The third-order valence-corrected chi connectivity index (χ3v) is 2.41. The highest BCUT2D eigenvalue weighted by atomic mass is 16.4. The lowest BCUT2D eigenvalue weighted by atomic mass is 10.1. The second kappa shape index (κ2) is 7.16. The maximum absolute atomic E-state index is 10.2. The Bertz CT molecular complexity index is 536. The molecule has 0 saturated heterocycles. The highest BCUT2D eigenvalue weighted by Gasteiger charge is 1.92. The number of hydrogen-bond acceptors (Lipinski definition) is 3. The topological polar surface area (TPSA) is 80.3 Å². The third kappa shape index (κ3) is 6.21. The second-order valence-electron chi connectivity index (χ2n) is 4.36. The van der Waals surface area contributed by atoms with Crippen molar-refractivity contribution in [1.29, 1.82) is 0 Å². The first-order valence-electron chi connectivity index (χ1n) is 5.96. The standard InChI is InChI=1S/C9H10O2.C6H8N2/c1-7-3-2-4-8(5-7)6-9(10)11;1-5-2-3-8-6(7)4-5/h2-5H,6H2,1H3,(H,10,11);2-4H,1H3,(H2,7,8). The predicted octanol–water partition coefficient (Wildman–Crippen LogP) is 0.679. The van der Waals surface area contributed by atoms with Crippen molar-refractivity contribution in [2.75, 3.05) is 5.73 Å². The van der Waals surface area contributed by atoms with Gasteiger partial charge in [-0.3, -0.25) is 5.73 Å². The lowest BCUT2D eigenvalue weighted by Gasteiger charge is -2.02. The summed E-state index contributed by atoms with van der Waals surface area (Å²) in [7, 11) is 0. The smallest absolute Gasteiger partial charge is 0.270 e. The number of benzene rings is 1. The molecule has 0 aliphatic rings. The minimum Gasteiger partial charge on any atom is -0.550 e. The fourth-order valence-electron chi connectivity index (χ4n) is 1.59. The van der Waals surface area contributed by atoms with Crippen LogP contribution in [0.3, 0.4) is 0 Å². The summed E-state index contributed by atoms with van der Waals surface area (Å²) in [5.74, 6) is -0.319. The van der Waals surface area contributed by atoms with E-state index in [2.05, 4.69) is 4.98 Å². The number of nitrogen functional groups attached to an aromatic ring is 1. The number of carboxylic acids is 1. The van der Waals surface area contributed by atoms with E-state index in [1.165, 1.54) is 5.56 Å². The van der Waals surface area contributed by atoms with Crippen molar-refractivity contribution in [3.63, 3.8) is 0 Å². The van der Waals surface area contributed by atoms with Gasteiger partial charge in [-0.2, -0.15) is 0 Å². The molecule has 0 atom stereocenters. The van der Waals surface area contributed by atoms with E-state index in [-0.39, 0.29) is 6.42 Å². The first-order valence-corrected chi connectivity index (χ1v) is 5.96. The number of aromatic amines is 1. The highest BCUT2D eigenvalue weighted by molar-refractivity contribution is 5.67. The van der Waals surface area contributed by atoms with E-state index in [9.17, 15) is 9.90 Å². The molecular formula is C15H18N2O2. The number of anilines is 1. The normalized spacial score (nSPS) is 9.37. The molecule has 1 aromatic carbocycles. The summed E-state index contributed by atoms with van der Waals surface area (Å²) in [5, 5.41) is 10.2. The Hall–Kier alpha value is -2.36. The molecule has 0 amide bonds. The number of aryl methyl sites for hydroxylation is 2. The Morgan fingerprint density at radius 1 is 1.21 bits per heavy atom. The number of H-pyrrole nitrogens is 1. The first-order chi connectivity index (χ1) is 8.97. The highest BCUT2D eigenvalue weighted by Crippen LogP contribution is 2.03. The van der Waals surface area contributed by atoms with Gasteiger partial charge in [0, 0.05) is 18.5 Å². The monoisotopic (exact) mass is 258 g/mol. The van der Waals surface area contributed by atoms with E-state index in [1.807, 2.05) is 50.4 Å². The minimum atomic E-state index is -1.03. The molecule has 1 aromatic heterocycles. The fraction of sp³-hybridized carbons (Fsp3) is 0.200. The van der Waals surface area contributed by atoms with Gasteiger partial charge in [-0.1, -0.05) is 29.8 Å². The molecule has 3 N–H and O–H groups in total. The van der Waals surface area contributed by atoms with Crippen LogP contribution < -0.4 is 15.8 Å². The number of rotatable bonds is 2. The van der Waals surface area contributed by atoms with E-state index in [1.54, 1.807) is 6.07 Å². The van der Waals surface area contributed by atoms with Crippen LogP contribution in [0.25, 0.3) is 0 Å². The van der Waals surface area contributed by atoms with Crippen LogP contribution in [0.1, 0.15) is 16.7 Å². The van der Waals surface area contributed by atoms with Crippen molar-refractivity contribution < 1.29 is 14.9 Å². The largest absolute Gasteiger partial charge is 0.550 e. The summed E-state index contributed by atoms with van der Waals surface area (Å²) >= 11 is 0. The zero-order valence-electron chi connectivity index (χ0n) is 11.1. The Morgan fingerprint density at radius 3 is 2.37 bits per heavy atom. The third-order valence-electron chi connectivity index (χ3n) is 2.41. The Labute approximate surface area is 112 Å². The van der Waals surface area contributed by atoms with Crippen LogP contribution in [0.2, 0.25) is 0 Å².